The molecule has 3 rings (SSSR count). The van der Waals surface area contributed by atoms with Crippen LogP contribution in [0.2, 0.25) is 0 Å². The van der Waals surface area contributed by atoms with Gasteiger partial charge in [-0.1, -0.05) is 6.07 Å². The van der Waals surface area contributed by atoms with Crippen molar-refractivity contribution < 1.29 is 4.79 Å². The maximum Gasteiger partial charge on any atom is 0.160 e. The Morgan fingerprint density at radius 1 is 1.50 bits per heavy atom. The molecular weight excluding hydrogens is 242 g/mol. The van der Waals surface area contributed by atoms with Gasteiger partial charge in [0.15, 0.2) is 6.29 Å². The average molecular weight is 257 g/mol. The summed E-state index contributed by atoms with van der Waals surface area (Å²) >= 11 is 1.66. The van der Waals surface area contributed by atoms with E-state index in [4.69, 9.17) is 0 Å². The first-order valence-electron chi connectivity index (χ1n) is 6.31. The number of nitrogens with zero attached hydrogens (tertiary/aromatic N) is 1. The fourth-order valence-corrected chi connectivity index (χ4v) is 3.73. The van der Waals surface area contributed by atoms with Crippen molar-refractivity contribution >= 4 is 17.6 Å². The number of fused-ring (bicyclic) bond motifs is 1. The molecule has 2 nitrogen and oxygen atoms in total. The molecule has 0 bridgehead atoms. The molecule has 0 amide bonds. The minimum Gasteiger partial charge on any atom is -0.297 e. The molecule has 0 saturated heterocycles. The van der Waals surface area contributed by atoms with E-state index < -0.39 is 0 Å². The summed E-state index contributed by atoms with van der Waals surface area (Å²) in [5, 5.41) is 0. The Bertz CT molecular complexity index is 547. The Labute approximate surface area is 111 Å². The number of aldehydes is 1. The molecule has 1 unspecified atom stereocenters. The molecule has 0 fully saturated rings. The normalized spacial score (nSPS) is 18.3. The van der Waals surface area contributed by atoms with E-state index in [-0.39, 0.29) is 0 Å². The molecule has 92 valence electrons. The number of carbonyl (C=O) groups is 1. The molecule has 1 atom stereocenters. The van der Waals surface area contributed by atoms with E-state index in [1.165, 1.54) is 22.4 Å². The van der Waals surface area contributed by atoms with Crippen LogP contribution in [0.25, 0.3) is 0 Å². The monoisotopic (exact) mass is 257 g/mol. The molecule has 2 heterocycles. The van der Waals surface area contributed by atoms with Crippen molar-refractivity contribution in [2.45, 2.75) is 25.7 Å². The average Bonchev–Trinajstić information content (AvgIpc) is 2.82. The first-order chi connectivity index (χ1) is 8.85. The number of aryl methyl sites for hydroxylation is 1. The highest BCUT2D eigenvalue weighted by Gasteiger charge is 2.21. The Kier molecular flexibility index (Phi) is 3.24. The van der Waals surface area contributed by atoms with Crippen molar-refractivity contribution in [2.24, 2.45) is 5.92 Å². The van der Waals surface area contributed by atoms with Crippen LogP contribution in [0.3, 0.4) is 0 Å². The molecule has 0 saturated carbocycles. The number of hydrogen-bond acceptors (Lipinski definition) is 3. The summed E-state index contributed by atoms with van der Waals surface area (Å²) in [4.78, 5) is 17.3. The smallest absolute Gasteiger partial charge is 0.160 e. The lowest BCUT2D eigenvalue weighted by Gasteiger charge is -2.21. The summed E-state index contributed by atoms with van der Waals surface area (Å²) in [6, 6.07) is 6.22. The van der Waals surface area contributed by atoms with Gasteiger partial charge in [0.25, 0.3) is 0 Å². The lowest BCUT2D eigenvalue weighted by Crippen LogP contribution is -2.14. The number of aromatic nitrogens is 1. The highest BCUT2D eigenvalue weighted by atomic mass is 32.1. The van der Waals surface area contributed by atoms with Gasteiger partial charge >= 0.3 is 0 Å². The third-order valence-electron chi connectivity index (χ3n) is 3.57. The van der Waals surface area contributed by atoms with E-state index in [0.717, 1.165) is 30.4 Å². The van der Waals surface area contributed by atoms with Crippen LogP contribution in [-0.2, 0) is 19.3 Å². The van der Waals surface area contributed by atoms with E-state index >= 15 is 0 Å². The molecule has 18 heavy (non-hydrogen) atoms. The second-order valence-electron chi connectivity index (χ2n) is 4.89. The Morgan fingerprint density at radius 3 is 3.22 bits per heavy atom. The van der Waals surface area contributed by atoms with Crippen LogP contribution in [0.5, 0.6) is 0 Å². The first kappa shape index (κ1) is 11.6. The zero-order valence-electron chi connectivity index (χ0n) is 10.1. The minimum absolute atomic E-state index is 0.691. The standard InChI is InChI=1S/C15H15NOS/c17-10-14-8-13-7-11(3-4-15(13)18-14)6-12-2-1-5-16-9-12/h1-2,5,8-11H,3-4,6-7H2. The molecule has 2 aromatic rings. The number of hydrogen-bond donors (Lipinski definition) is 0. The van der Waals surface area contributed by atoms with Crippen molar-refractivity contribution in [1.82, 2.24) is 4.98 Å². The van der Waals surface area contributed by atoms with E-state index in [0.29, 0.717) is 5.92 Å². The summed E-state index contributed by atoms with van der Waals surface area (Å²) in [5.74, 6) is 0.691. The van der Waals surface area contributed by atoms with Crippen molar-refractivity contribution in [1.29, 1.82) is 0 Å². The molecule has 0 aliphatic heterocycles. The van der Waals surface area contributed by atoms with Crippen LogP contribution < -0.4 is 0 Å². The predicted octanol–water partition coefficient (Wildman–Crippen LogP) is 3.30. The van der Waals surface area contributed by atoms with Gasteiger partial charge in [-0.2, -0.15) is 0 Å². The van der Waals surface area contributed by atoms with Gasteiger partial charge in [-0.15, -0.1) is 11.3 Å². The maximum absolute atomic E-state index is 10.8. The maximum atomic E-state index is 10.8. The molecular formula is C15H15NOS. The van der Waals surface area contributed by atoms with Crippen molar-refractivity contribution in [3.05, 3.63) is 51.5 Å². The van der Waals surface area contributed by atoms with E-state index in [9.17, 15) is 4.79 Å². The summed E-state index contributed by atoms with van der Waals surface area (Å²) in [5.41, 5.74) is 2.71. The minimum atomic E-state index is 0.691. The van der Waals surface area contributed by atoms with E-state index in [1.54, 1.807) is 11.3 Å². The first-order valence-corrected chi connectivity index (χ1v) is 7.12. The Morgan fingerprint density at radius 2 is 2.44 bits per heavy atom. The van der Waals surface area contributed by atoms with Gasteiger partial charge in [0.05, 0.1) is 4.88 Å². The van der Waals surface area contributed by atoms with Crippen LogP contribution in [0.15, 0.2) is 30.6 Å². The Hall–Kier alpha value is -1.48. The highest BCUT2D eigenvalue weighted by Crippen LogP contribution is 2.33. The van der Waals surface area contributed by atoms with Crippen LogP contribution in [0.4, 0.5) is 0 Å². The van der Waals surface area contributed by atoms with Crippen molar-refractivity contribution in [3.63, 3.8) is 0 Å². The summed E-state index contributed by atoms with van der Waals surface area (Å²) < 4.78 is 0. The molecule has 0 radical (unpaired) electrons. The number of carbonyl (C=O) groups excluding carboxylic acids is 1. The van der Waals surface area contributed by atoms with Crippen LogP contribution >= 0.6 is 11.3 Å². The van der Waals surface area contributed by atoms with Crippen LogP contribution in [0.1, 0.15) is 32.1 Å². The number of pyridine rings is 1. The third kappa shape index (κ3) is 2.36. The predicted molar refractivity (Wildman–Crippen MR) is 73.2 cm³/mol. The zero-order valence-corrected chi connectivity index (χ0v) is 11.0. The highest BCUT2D eigenvalue weighted by molar-refractivity contribution is 7.13. The lowest BCUT2D eigenvalue weighted by atomic mass is 9.84. The zero-order chi connectivity index (χ0) is 12.4. The molecule has 0 spiro atoms. The van der Waals surface area contributed by atoms with Gasteiger partial charge < -0.3 is 0 Å². The molecule has 0 aromatic carbocycles. The summed E-state index contributed by atoms with van der Waals surface area (Å²) in [6.45, 7) is 0. The molecule has 2 aromatic heterocycles. The van der Waals surface area contributed by atoms with E-state index in [1.807, 2.05) is 18.5 Å². The second-order valence-corrected chi connectivity index (χ2v) is 6.06. The third-order valence-corrected chi connectivity index (χ3v) is 4.73. The van der Waals surface area contributed by atoms with Gasteiger partial charge in [-0.05, 0) is 54.9 Å². The second kappa shape index (κ2) is 5.02. The van der Waals surface area contributed by atoms with Crippen LogP contribution in [-0.4, -0.2) is 11.3 Å². The summed E-state index contributed by atoms with van der Waals surface area (Å²) in [6.07, 6.45) is 9.30. The molecule has 1 aliphatic carbocycles. The fourth-order valence-electron chi connectivity index (χ4n) is 2.71. The van der Waals surface area contributed by atoms with Crippen LogP contribution in [0, 0.1) is 5.92 Å². The van der Waals surface area contributed by atoms with E-state index in [2.05, 4.69) is 17.1 Å². The van der Waals surface area contributed by atoms with Gasteiger partial charge in [0, 0.05) is 17.3 Å². The van der Waals surface area contributed by atoms with Gasteiger partial charge in [-0.3, -0.25) is 9.78 Å². The summed E-state index contributed by atoms with van der Waals surface area (Å²) in [7, 11) is 0. The van der Waals surface area contributed by atoms with Crippen molar-refractivity contribution in [2.75, 3.05) is 0 Å². The Balaban J connectivity index is 1.73. The number of thiophene rings is 1. The molecule has 1 aliphatic rings. The fraction of sp³-hybridized carbons (Fsp3) is 0.333. The van der Waals surface area contributed by atoms with Gasteiger partial charge in [-0.25, -0.2) is 0 Å². The largest absolute Gasteiger partial charge is 0.297 e. The SMILES string of the molecule is O=Cc1cc2c(s1)CCC(Cc1cccnc1)C2. The molecule has 3 heteroatoms. The van der Waals surface area contributed by atoms with Gasteiger partial charge in [0.1, 0.15) is 0 Å². The lowest BCUT2D eigenvalue weighted by molar-refractivity contribution is 0.112. The quantitative estimate of drug-likeness (QED) is 0.790. The van der Waals surface area contributed by atoms with Gasteiger partial charge in [0.2, 0.25) is 0 Å². The van der Waals surface area contributed by atoms with Crippen molar-refractivity contribution in [3.8, 4) is 0 Å². The molecule has 0 N–H and O–H groups in total. The number of rotatable bonds is 3. The topological polar surface area (TPSA) is 30.0 Å².